The lowest BCUT2D eigenvalue weighted by Crippen LogP contribution is -2.26. The van der Waals surface area contributed by atoms with Gasteiger partial charge in [-0.25, -0.2) is 4.98 Å². The summed E-state index contributed by atoms with van der Waals surface area (Å²) in [5.41, 5.74) is 2.36. The van der Waals surface area contributed by atoms with Crippen LogP contribution in [0.1, 0.15) is 6.42 Å². The zero-order valence-corrected chi connectivity index (χ0v) is 15.8. The number of esters is 1. The van der Waals surface area contributed by atoms with Gasteiger partial charge < -0.3 is 14.1 Å². The number of nitrogens with zero attached hydrogens (tertiary/aromatic N) is 2. The number of halogens is 2. The molecule has 138 valence electrons. The molecule has 0 saturated carbocycles. The number of carbonyl (C=O) groups is 2. The number of aromatic nitrogens is 1. The molecule has 0 spiro atoms. The Morgan fingerprint density at radius 3 is 2.85 bits per heavy atom. The Hall–Kier alpha value is -2.57. The van der Waals surface area contributed by atoms with Crippen molar-refractivity contribution < 1.29 is 18.7 Å². The van der Waals surface area contributed by atoms with Gasteiger partial charge in [0.1, 0.15) is 5.52 Å². The lowest BCUT2D eigenvalue weighted by Gasteiger charge is -2.17. The predicted octanol–water partition coefficient (Wildman–Crippen LogP) is 4.33. The van der Waals surface area contributed by atoms with Gasteiger partial charge in [0, 0.05) is 23.7 Å². The number of hydrogen-bond donors (Lipinski definition) is 0. The van der Waals surface area contributed by atoms with Gasteiger partial charge in [-0.2, -0.15) is 0 Å². The molecule has 1 fully saturated rings. The average molecular weight is 405 g/mol. The summed E-state index contributed by atoms with van der Waals surface area (Å²) in [7, 11) is 1.31. The summed E-state index contributed by atoms with van der Waals surface area (Å²) in [5.74, 6) is -0.692. The van der Waals surface area contributed by atoms with Crippen LogP contribution in [-0.4, -0.2) is 30.5 Å². The molecule has 1 aromatic heterocycles. The molecule has 4 rings (SSSR count). The van der Waals surface area contributed by atoms with E-state index in [1.165, 1.54) is 7.11 Å². The quantitative estimate of drug-likeness (QED) is 0.607. The van der Waals surface area contributed by atoms with E-state index in [1.807, 2.05) is 0 Å². The molecular formula is C19H14Cl2N2O4. The fourth-order valence-electron chi connectivity index (χ4n) is 3.14. The van der Waals surface area contributed by atoms with Gasteiger partial charge >= 0.3 is 5.97 Å². The van der Waals surface area contributed by atoms with Gasteiger partial charge in [-0.3, -0.25) is 9.59 Å². The maximum absolute atomic E-state index is 12.3. The lowest BCUT2D eigenvalue weighted by atomic mass is 10.1. The van der Waals surface area contributed by atoms with Crippen molar-refractivity contribution in [3.63, 3.8) is 0 Å². The molecule has 0 N–H and O–H groups in total. The summed E-state index contributed by atoms with van der Waals surface area (Å²) in [6.45, 7) is 0.260. The van der Waals surface area contributed by atoms with E-state index in [0.717, 1.165) is 0 Å². The molecule has 3 aromatic rings. The first-order chi connectivity index (χ1) is 13.0. The number of amides is 1. The van der Waals surface area contributed by atoms with Crippen LogP contribution >= 0.6 is 23.2 Å². The highest BCUT2D eigenvalue weighted by Gasteiger charge is 2.36. The molecule has 0 aliphatic carbocycles. The second kappa shape index (κ2) is 6.87. The van der Waals surface area contributed by atoms with E-state index < -0.39 is 11.9 Å². The van der Waals surface area contributed by atoms with Crippen LogP contribution in [0.5, 0.6) is 0 Å². The molecule has 2 aromatic carbocycles. The molecule has 6 nitrogen and oxygen atoms in total. The third-order valence-electron chi connectivity index (χ3n) is 4.50. The van der Waals surface area contributed by atoms with E-state index in [0.29, 0.717) is 38.3 Å². The zero-order chi connectivity index (χ0) is 19.1. The highest BCUT2D eigenvalue weighted by molar-refractivity contribution is 6.33. The van der Waals surface area contributed by atoms with Gasteiger partial charge in [-0.1, -0.05) is 23.2 Å². The second-order valence-corrected chi connectivity index (χ2v) is 7.07. The van der Waals surface area contributed by atoms with Crippen molar-refractivity contribution in [3.8, 4) is 11.5 Å². The normalized spacial score (nSPS) is 16.9. The van der Waals surface area contributed by atoms with Gasteiger partial charge in [0.25, 0.3) is 0 Å². The molecule has 0 radical (unpaired) electrons. The predicted molar refractivity (Wildman–Crippen MR) is 102 cm³/mol. The standard InChI is InChI=1S/C19H14Cl2N2O4/c1-26-19(25)10-6-17(24)23(9-10)12-3-4-14(21)13(8-12)18-22-15-7-11(20)2-5-16(15)27-18/h2-5,7-8,10H,6,9H2,1H3. The number of carbonyl (C=O) groups excluding carboxylic acids is 2. The Bertz CT molecular complexity index is 1060. The molecule has 2 heterocycles. The molecule has 8 heteroatoms. The number of ether oxygens (including phenoxy) is 1. The molecule has 1 unspecified atom stereocenters. The Balaban J connectivity index is 1.71. The maximum atomic E-state index is 12.3. The van der Waals surface area contributed by atoms with E-state index in [-0.39, 0.29) is 18.9 Å². The van der Waals surface area contributed by atoms with E-state index in [2.05, 4.69) is 4.98 Å². The van der Waals surface area contributed by atoms with Gasteiger partial charge in [-0.05, 0) is 36.4 Å². The summed E-state index contributed by atoms with van der Waals surface area (Å²) < 4.78 is 10.5. The van der Waals surface area contributed by atoms with Gasteiger partial charge in [0.2, 0.25) is 11.8 Å². The summed E-state index contributed by atoms with van der Waals surface area (Å²) in [6.07, 6.45) is 0.117. The van der Waals surface area contributed by atoms with Crippen molar-refractivity contribution in [3.05, 3.63) is 46.4 Å². The first kappa shape index (κ1) is 17.8. The molecule has 1 amide bonds. The molecule has 1 aliphatic rings. The van der Waals surface area contributed by atoms with Gasteiger partial charge in [-0.15, -0.1) is 0 Å². The van der Waals surface area contributed by atoms with Gasteiger partial charge in [0.05, 0.1) is 23.6 Å². The minimum absolute atomic E-state index is 0.117. The average Bonchev–Trinajstić information content (AvgIpc) is 3.24. The monoisotopic (exact) mass is 404 g/mol. The zero-order valence-electron chi connectivity index (χ0n) is 14.2. The van der Waals surface area contributed by atoms with Crippen LogP contribution in [-0.2, 0) is 14.3 Å². The number of methoxy groups -OCH3 is 1. The first-order valence-electron chi connectivity index (χ1n) is 8.20. The topological polar surface area (TPSA) is 72.6 Å². The van der Waals surface area contributed by atoms with Crippen LogP contribution in [0, 0.1) is 5.92 Å². The van der Waals surface area contributed by atoms with Crippen molar-refractivity contribution in [1.29, 1.82) is 0 Å². The molecule has 27 heavy (non-hydrogen) atoms. The molecule has 1 atom stereocenters. The number of anilines is 1. The molecular weight excluding hydrogens is 391 g/mol. The van der Waals surface area contributed by atoms with Crippen molar-refractivity contribution >= 4 is 51.9 Å². The lowest BCUT2D eigenvalue weighted by molar-refractivity contribution is -0.145. The summed E-state index contributed by atoms with van der Waals surface area (Å²) in [5, 5.41) is 0.992. The Morgan fingerprint density at radius 2 is 2.07 bits per heavy atom. The summed E-state index contributed by atoms with van der Waals surface area (Å²) in [6, 6.07) is 10.3. The van der Waals surface area contributed by atoms with Crippen molar-refractivity contribution in [2.24, 2.45) is 5.92 Å². The van der Waals surface area contributed by atoms with Gasteiger partial charge in [0.15, 0.2) is 5.58 Å². The van der Waals surface area contributed by atoms with Crippen LogP contribution in [0.2, 0.25) is 10.0 Å². The Morgan fingerprint density at radius 1 is 1.26 bits per heavy atom. The van der Waals surface area contributed by atoms with E-state index in [1.54, 1.807) is 41.3 Å². The summed E-state index contributed by atoms with van der Waals surface area (Å²) >= 11 is 12.3. The molecule has 0 bridgehead atoms. The van der Waals surface area contributed by atoms with Crippen LogP contribution in [0.15, 0.2) is 40.8 Å². The van der Waals surface area contributed by atoms with Crippen molar-refractivity contribution in [2.75, 3.05) is 18.6 Å². The van der Waals surface area contributed by atoms with E-state index in [9.17, 15) is 9.59 Å². The second-order valence-electron chi connectivity index (χ2n) is 6.22. The highest BCUT2D eigenvalue weighted by atomic mass is 35.5. The number of fused-ring (bicyclic) bond motifs is 1. The van der Waals surface area contributed by atoms with Crippen LogP contribution in [0.4, 0.5) is 5.69 Å². The minimum atomic E-state index is -0.479. The number of rotatable bonds is 3. The highest BCUT2D eigenvalue weighted by Crippen LogP contribution is 2.35. The SMILES string of the molecule is COC(=O)C1CC(=O)N(c2ccc(Cl)c(-c3nc4cc(Cl)ccc4o3)c2)C1. The van der Waals surface area contributed by atoms with E-state index in [4.69, 9.17) is 32.4 Å². The number of hydrogen-bond acceptors (Lipinski definition) is 5. The first-order valence-corrected chi connectivity index (χ1v) is 8.96. The third kappa shape index (κ3) is 3.26. The summed E-state index contributed by atoms with van der Waals surface area (Å²) in [4.78, 5) is 30.1. The fourth-order valence-corrected chi connectivity index (χ4v) is 3.51. The minimum Gasteiger partial charge on any atom is -0.469 e. The van der Waals surface area contributed by atoms with Crippen LogP contribution in [0.3, 0.4) is 0 Å². The number of oxazole rings is 1. The molecule has 1 saturated heterocycles. The maximum Gasteiger partial charge on any atom is 0.311 e. The molecule has 1 aliphatic heterocycles. The van der Waals surface area contributed by atoms with E-state index >= 15 is 0 Å². The van der Waals surface area contributed by atoms with Crippen molar-refractivity contribution in [2.45, 2.75) is 6.42 Å². The smallest absolute Gasteiger partial charge is 0.311 e. The fraction of sp³-hybridized carbons (Fsp3) is 0.211. The Labute approximate surface area is 164 Å². The van der Waals surface area contributed by atoms with Crippen LogP contribution < -0.4 is 4.90 Å². The number of benzene rings is 2. The van der Waals surface area contributed by atoms with Crippen LogP contribution in [0.25, 0.3) is 22.6 Å². The largest absolute Gasteiger partial charge is 0.469 e. The van der Waals surface area contributed by atoms with Crippen molar-refractivity contribution in [1.82, 2.24) is 4.98 Å². The third-order valence-corrected chi connectivity index (χ3v) is 5.07. The Kier molecular flexibility index (Phi) is 4.53.